The van der Waals surface area contributed by atoms with Gasteiger partial charge in [0, 0.05) is 11.6 Å². The van der Waals surface area contributed by atoms with Crippen LogP contribution in [-0.2, 0) is 18.6 Å². The number of hydrogen-bond donors (Lipinski definition) is 4. The van der Waals surface area contributed by atoms with E-state index >= 15 is 0 Å². The van der Waals surface area contributed by atoms with E-state index in [1.807, 2.05) is 0 Å². The maximum absolute atomic E-state index is 6.32. The van der Waals surface area contributed by atoms with Crippen molar-refractivity contribution < 1.29 is 0 Å². The van der Waals surface area contributed by atoms with E-state index < -0.39 is 5.79 Å². The third-order valence-electron chi connectivity index (χ3n) is 5.48. The first-order chi connectivity index (χ1) is 11.1. The lowest BCUT2D eigenvalue weighted by Gasteiger charge is -2.26. The molecule has 0 spiro atoms. The number of aryl methyl sites for hydroxylation is 2. The summed E-state index contributed by atoms with van der Waals surface area (Å²) in [5, 5.41) is 0. The average molecular weight is 314 g/mol. The Morgan fingerprint density at radius 1 is 1.13 bits per heavy atom. The number of fused-ring (bicyclic) bond motifs is 1. The summed E-state index contributed by atoms with van der Waals surface area (Å²) in [5.41, 5.74) is 21.6. The second kappa shape index (κ2) is 5.78. The highest BCUT2D eigenvalue weighted by molar-refractivity contribution is 5.79. The smallest absolute Gasteiger partial charge is 0.209 e. The van der Waals surface area contributed by atoms with Crippen molar-refractivity contribution in [2.45, 2.75) is 50.4 Å². The molecular weight excluding hydrogens is 288 g/mol. The molecule has 3 aliphatic rings. The van der Waals surface area contributed by atoms with Crippen LogP contribution in [-0.4, -0.2) is 30.0 Å². The van der Waals surface area contributed by atoms with Crippen LogP contribution in [0, 0.1) is 0 Å². The third-order valence-corrected chi connectivity index (χ3v) is 5.48. The Morgan fingerprint density at radius 3 is 2.57 bits per heavy atom. The number of nitrogens with two attached hydrogens (primary N) is 2. The van der Waals surface area contributed by atoms with Crippen LogP contribution in [0.5, 0.6) is 0 Å². The van der Waals surface area contributed by atoms with Crippen molar-refractivity contribution in [3.05, 3.63) is 34.9 Å². The van der Waals surface area contributed by atoms with E-state index in [1.54, 1.807) is 0 Å². The normalized spacial score (nSPS) is 31.3. The Labute approximate surface area is 137 Å². The molecule has 2 heterocycles. The molecule has 1 saturated heterocycles. The van der Waals surface area contributed by atoms with Crippen molar-refractivity contribution in [3.63, 3.8) is 0 Å². The SMILES string of the molecule is NC1=NC(N)(c2ccc3c(c2)CC[C@H](N2CCCC2)CC3)NN1. The zero-order valence-electron chi connectivity index (χ0n) is 13.5. The summed E-state index contributed by atoms with van der Waals surface area (Å²) in [4.78, 5) is 6.97. The van der Waals surface area contributed by atoms with E-state index in [9.17, 15) is 0 Å². The molecule has 0 amide bonds. The van der Waals surface area contributed by atoms with Gasteiger partial charge in [0.2, 0.25) is 11.7 Å². The van der Waals surface area contributed by atoms with Gasteiger partial charge in [-0.2, -0.15) is 5.43 Å². The predicted octanol–water partition coefficient (Wildman–Crippen LogP) is 0.521. The fourth-order valence-electron chi connectivity index (χ4n) is 4.14. The van der Waals surface area contributed by atoms with Gasteiger partial charge in [0.25, 0.3) is 0 Å². The minimum Gasteiger partial charge on any atom is -0.369 e. The topological polar surface area (TPSA) is 91.7 Å². The molecule has 1 aliphatic carbocycles. The molecule has 2 atom stereocenters. The monoisotopic (exact) mass is 314 g/mol. The van der Waals surface area contributed by atoms with Gasteiger partial charge in [0.15, 0.2) is 0 Å². The van der Waals surface area contributed by atoms with Crippen LogP contribution >= 0.6 is 0 Å². The number of hydrogen-bond acceptors (Lipinski definition) is 6. The van der Waals surface area contributed by atoms with Gasteiger partial charge in [-0.15, -0.1) is 0 Å². The molecule has 0 saturated carbocycles. The largest absolute Gasteiger partial charge is 0.369 e. The van der Waals surface area contributed by atoms with Crippen LogP contribution in [0.25, 0.3) is 0 Å². The summed E-state index contributed by atoms with van der Waals surface area (Å²) in [6.07, 6.45) is 7.51. The number of rotatable bonds is 2. The van der Waals surface area contributed by atoms with Crippen molar-refractivity contribution in [1.29, 1.82) is 0 Å². The van der Waals surface area contributed by atoms with Crippen LogP contribution in [0.2, 0.25) is 0 Å². The molecule has 1 aromatic rings. The fourth-order valence-corrected chi connectivity index (χ4v) is 4.14. The standard InChI is InChI=1S/C17H26N6/c18-16-20-17(19,22-21-16)14-6-3-12-4-7-15(8-5-13(12)11-14)23-9-1-2-10-23/h3,6,11,15,22H,1-2,4-5,7-10,19H2,(H3,18,20,21)/t15-,17?/m1/s1. The maximum Gasteiger partial charge on any atom is 0.209 e. The second-order valence-corrected chi connectivity index (χ2v) is 6.97. The quantitative estimate of drug-likeness (QED) is 0.598. The lowest BCUT2D eigenvalue weighted by molar-refractivity contribution is 0.222. The number of nitrogens with zero attached hydrogens (tertiary/aromatic N) is 2. The Hall–Kier alpha value is -1.63. The van der Waals surface area contributed by atoms with Crippen LogP contribution in [0.15, 0.2) is 23.2 Å². The third kappa shape index (κ3) is 2.82. The number of benzene rings is 1. The first-order valence-corrected chi connectivity index (χ1v) is 8.68. The highest BCUT2D eigenvalue weighted by atomic mass is 15.6. The Balaban J connectivity index is 1.54. The molecule has 6 N–H and O–H groups in total. The molecule has 1 unspecified atom stereocenters. The fraction of sp³-hybridized carbons (Fsp3) is 0.588. The van der Waals surface area contributed by atoms with Gasteiger partial charge in [0.1, 0.15) is 0 Å². The number of guanidine groups is 1. The summed E-state index contributed by atoms with van der Waals surface area (Å²) in [7, 11) is 0. The van der Waals surface area contributed by atoms with Gasteiger partial charge >= 0.3 is 0 Å². The first-order valence-electron chi connectivity index (χ1n) is 8.68. The Bertz CT molecular complexity index is 622. The zero-order valence-corrected chi connectivity index (χ0v) is 13.5. The van der Waals surface area contributed by atoms with E-state index in [0.29, 0.717) is 5.96 Å². The molecule has 2 aliphatic heterocycles. The van der Waals surface area contributed by atoms with Crippen molar-refractivity contribution in [1.82, 2.24) is 15.8 Å². The summed E-state index contributed by atoms with van der Waals surface area (Å²) in [5.74, 6) is -0.628. The zero-order chi connectivity index (χ0) is 15.9. The number of aliphatic imine (C=N–C) groups is 1. The highest BCUT2D eigenvalue weighted by Gasteiger charge is 2.32. The molecular formula is C17H26N6. The number of likely N-dealkylation sites (tertiary alicyclic amines) is 1. The van der Waals surface area contributed by atoms with Gasteiger partial charge < -0.3 is 10.6 Å². The molecule has 0 aromatic heterocycles. The molecule has 23 heavy (non-hydrogen) atoms. The van der Waals surface area contributed by atoms with Crippen molar-refractivity contribution in [2.24, 2.45) is 16.5 Å². The molecule has 4 rings (SSSR count). The first kappa shape index (κ1) is 14.9. The van der Waals surface area contributed by atoms with E-state index in [4.69, 9.17) is 11.5 Å². The average Bonchev–Trinajstić information content (AvgIpc) is 3.14. The Morgan fingerprint density at radius 2 is 1.87 bits per heavy atom. The summed E-state index contributed by atoms with van der Waals surface area (Å²) in [6.45, 7) is 2.56. The number of nitrogens with one attached hydrogen (secondary N) is 2. The molecule has 0 bridgehead atoms. The van der Waals surface area contributed by atoms with Crippen LogP contribution in [0.3, 0.4) is 0 Å². The molecule has 124 valence electrons. The molecule has 1 fully saturated rings. The second-order valence-electron chi connectivity index (χ2n) is 6.97. The van der Waals surface area contributed by atoms with E-state index in [1.165, 1.54) is 49.9 Å². The minimum atomic E-state index is -0.959. The molecule has 6 heteroatoms. The van der Waals surface area contributed by atoms with Crippen LogP contribution in [0.1, 0.15) is 42.4 Å². The van der Waals surface area contributed by atoms with Crippen molar-refractivity contribution in [2.75, 3.05) is 13.1 Å². The predicted molar refractivity (Wildman–Crippen MR) is 91.4 cm³/mol. The Kier molecular flexibility index (Phi) is 3.75. The van der Waals surface area contributed by atoms with Crippen molar-refractivity contribution >= 4 is 5.96 Å². The van der Waals surface area contributed by atoms with Gasteiger partial charge in [-0.05, 0) is 62.7 Å². The minimum absolute atomic E-state index is 0.330. The summed E-state index contributed by atoms with van der Waals surface area (Å²) >= 11 is 0. The van der Waals surface area contributed by atoms with Gasteiger partial charge in [0.05, 0.1) is 0 Å². The maximum atomic E-state index is 6.32. The summed E-state index contributed by atoms with van der Waals surface area (Å²) in [6, 6.07) is 7.24. The molecule has 0 radical (unpaired) electrons. The lowest BCUT2D eigenvalue weighted by Crippen LogP contribution is -2.50. The van der Waals surface area contributed by atoms with E-state index in [-0.39, 0.29) is 0 Å². The van der Waals surface area contributed by atoms with E-state index in [2.05, 4.69) is 38.9 Å². The molecule has 6 nitrogen and oxygen atoms in total. The van der Waals surface area contributed by atoms with Crippen molar-refractivity contribution in [3.8, 4) is 0 Å². The van der Waals surface area contributed by atoms with Gasteiger partial charge in [-0.3, -0.25) is 11.2 Å². The van der Waals surface area contributed by atoms with Crippen LogP contribution < -0.4 is 22.3 Å². The van der Waals surface area contributed by atoms with Gasteiger partial charge in [-0.1, -0.05) is 18.2 Å². The number of hydrazine groups is 1. The molecule has 1 aromatic carbocycles. The van der Waals surface area contributed by atoms with Gasteiger partial charge in [-0.25, -0.2) is 4.99 Å². The summed E-state index contributed by atoms with van der Waals surface area (Å²) < 4.78 is 0. The highest BCUT2D eigenvalue weighted by Crippen LogP contribution is 2.29. The van der Waals surface area contributed by atoms with Crippen LogP contribution in [0.4, 0.5) is 0 Å². The van der Waals surface area contributed by atoms with E-state index in [0.717, 1.165) is 24.4 Å². The lowest BCUT2D eigenvalue weighted by atomic mass is 9.97.